The molecule has 0 saturated carbocycles. The fraction of sp³-hybridized carbons (Fsp3) is 0.273. The summed E-state index contributed by atoms with van der Waals surface area (Å²) in [4.78, 5) is 0. The Hall–Kier alpha value is -1.44. The Bertz CT molecular complexity index is 292. The van der Waals surface area contributed by atoms with E-state index in [1.165, 1.54) is 0 Å². The van der Waals surface area contributed by atoms with E-state index in [4.69, 9.17) is 9.47 Å². The molecule has 1 aromatic rings. The quantitative estimate of drug-likeness (QED) is 0.658. The van der Waals surface area contributed by atoms with Crippen molar-refractivity contribution in [2.24, 2.45) is 0 Å². The largest absolute Gasteiger partial charge is 0.493 e. The van der Waals surface area contributed by atoms with Crippen molar-refractivity contribution in [2.75, 3.05) is 13.7 Å². The van der Waals surface area contributed by atoms with Gasteiger partial charge in [0.1, 0.15) is 6.61 Å². The summed E-state index contributed by atoms with van der Waals surface area (Å²) in [6.07, 6.45) is 0. The molecule has 0 spiro atoms. The maximum atomic E-state index is 5.44. The maximum Gasteiger partial charge on any atom is 0.161 e. The van der Waals surface area contributed by atoms with Crippen LogP contribution in [0.2, 0.25) is 0 Å². The van der Waals surface area contributed by atoms with Crippen LogP contribution < -0.4 is 9.47 Å². The molecule has 1 radical (unpaired) electrons. The third kappa shape index (κ3) is 2.82. The van der Waals surface area contributed by atoms with E-state index in [2.05, 4.69) is 12.6 Å². The van der Waals surface area contributed by atoms with Crippen LogP contribution in [0.15, 0.2) is 30.4 Å². The smallest absolute Gasteiger partial charge is 0.161 e. The Morgan fingerprint density at radius 2 is 2.31 bits per heavy atom. The van der Waals surface area contributed by atoms with Crippen molar-refractivity contribution in [3.8, 4) is 11.5 Å². The number of ether oxygens (including phenoxy) is 2. The molecule has 0 aliphatic rings. The van der Waals surface area contributed by atoms with Crippen molar-refractivity contribution < 1.29 is 9.47 Å². The van der Waals surface area contributed by atoms with Gasteiger partial charge in [0.15, 0.2) is 11.5 Å². The first-order valence-electron chi connectivity index (χ1n) is 4.05. The van der Waals surface area contributed by atoms with Gasteiger partial charge in [-0.1, -0.05) is 12.6 Å². The van der Waals surface area contributed by atoms with Crippen LogP contribution in [-0.4, -0.2) is 13.7 Å². The summed E-state index contributed by atoms with van der Waals surface area (Å²) < 4.78 is 10.5. The molecule has 0 fully saturated rings. The van der Waals surface area contributed by atoms with Crippen molar-refractivity contribution in [2.45, 2.75) is 6.92 Å². The van der Waals surface area contributed by atoms with Crippen LogP contribution in [0, 0.1) is 6.07 Å². The lowest BCUT2D eigenvalue weighted by Crippen LogP contribution is -1.99. The molecule has 1 rings (SSSR count). The van der Waals surface area contributed by atoms with E-state index in [0.717, 1.165) is 11.3 Å². The van der Waals surface area contributed by atoms with Crippen LogP contribution in [0.5, 0.6) is 11.5 Å². The fourth-order valence-corrected chi connectivity index (χ4v) is 0.881. The lowest BCUT2D eigenvalue weighted by molar-refractivity contribution is 0.319. The SMILES string of the molecule is C=C(C)COc1cc[c]cc1OC. The van der Waals surface area contributed by atoms with E-state index < -0.39 is 0 Å². The van der Waals surface area contributed by atoms with Crippen molar-refractivity contribution >= 4 is 0 Å². The first kappa shape index (κ1) is 9.65. The second-order valence-corrected chi connectivity index (χ2v) is 2.82. The number of hydrogen-bond donors (Lipinski definition) is 0. The Balaban J connectivity index is 2.69. The van der Waals surface area contributed by atoms with Gasteiger partial charge >= 0.3 is 0 Å². The standard InChI is InChI=1S/C11H13O2/c1-9(2)8-13-11-7-5-4-6-10(11)12-3/h5-7H,1,8H2,2-3H3. The zero-order chi connectivity index (χ0) is 9.68. The monoisotopic (exact) mass is 177 g/mol. The van der Waals surface area contributed by atoms with Gasteiger partial charge in [-0.25, -0.2) is 0 Å². The highest BCUT2D eigenvalue weighted by molar-refractivity contribution is 5.39. The summed E-state index contributed by atoms with van der Waals surface area (Å²) in [5.74, 6) is 1.42. The van der Waals surface area contributed by atoms with Crippen LogP contribution in [0.25, 0.3) is 0 Å². The van der Waals surface area contributed by atoms with Crippen molar-refractivity contribution in [3.63, 3.8) is 0 Å². The van der Waals surface area contributed by atoms with Crippen LogP contribution in [-0.2, 0) is 0 Å². The second-order valence-electron chi connectivity index (χ2n) is 2.82. The normalized spacial score (nSPS) is 9.38. The summed E-state index contributed by atoms with van der Waals surface area (Å²) in [6, 6.07) is 8.27. The van der Waals surface area contributed by atoms with Crippen LogP contribution >= 0.6 is 0 Å². The summed E-state index contributed by atoms with van der Waals surface area (Å²) in [5.41, 5.74) is 0.981. The topological polar surface area (TPSA) is 18.5 Å². The summed E-state index contributed by atoms with van der Waals surface area (Å²) in [7, 11) is 1.61. The van der Waals surface area contributed by atoms with Gasteiger partial charge in [0, 0.05) is 0 Å². The predicted octanol–water partition coefficient (Wildman–Crippen LogP) is 2.45. The molecule has 0 unspecified atom stereocenters. The fourth-order valence-electron chi connectivity index (χ4n) is 0.881. The lowest BCUT2D eigenvalue weighted by Gasteiger charge is -2.09. The van der Waals surface area contributed by atoms with Crippen molar-refractivity contribution in [3.05, 3.63) is 36.4 Å². The molecule has 1 aromatic carbocycles. The molecule has 0 atom stereocenters. The summed E-state index contributed by atoms with van der Waals surface area (Å²) in [6.45, 7) is 6.18. The van der Waals surface area contributed by atoms with Gasteiger partial charge in [-0.05, 0) is 30.7 Å². The Morgan fingerprint density at radius 1 is 1.54 bits per heavy atom. The van der Waals surface area contributed by atoms with E-state index in [9.17, 15) is 0 Å². The highest BCUT2D eigenvalue weighted by Gasteiger charge is 2.01. The molecular formula is C11H13O2. The summed E-state index contributed by atoms with van der Waals surface area (Å²) >= 11 is 0. The van der Waals surface area contributed by atoms with Gasteiger partial charge < -0.3 is 9.47 Å². The number of methoxy groups -OCH3 is 1. The minimum Gasteiger partial charge on any atom is -0.493 e. The molecule has 0 bridgehead atoms. The highest BCUT2D eigenvalue weighted by atomic mass is 16.5. The number of hydrogen-bond acceptors (Lipinski definition) is 2. The zero-order valence-corrected chi connectivity index (χ0v) is 7.96. The average molecular weight is 177 g/mol. The number of rotatable bonds is 4. The summed E-state index contributed by atoms with van der Waals surface area (Å²) in [5, 5.41) is 0. The molecule has 2 heteroatoms. The molecule has 0 saturated heterocycles. The third-order valence-corrected chi connectivity index (χ3v) is 1.48. The van der Waals surface area contributed by atoms with E-state index >= 15 is 0 Å². The van der Waals surface area contributed by atoms with Crippen molar-refractivity contribution in [1.29, 1.82) is 0 Å². The predicted molar refractivity (Wildman–Crippen MR) is 52.1 cm³/mol. The second kappa shape index (κ2) is 4.55. The average Bonchev–Trinajstić information content (AvgIpc) is 2.15. The van der Waals surface area contributed by atoms with Crippen LogP contribution in [0.1, 0.15) is 6.92 Å². The van der Waals surface area contributed by atoms with E-state index in [-0.39, 0.29) is 0 Å². The van der Waals surface area contributed by atoms with E-state index in [0.29, 0.717) is 12.4 Å². The van der Waals surface area contributed by atoms with E-state index in [1.807, 2.05) is 13.0 Å². The highest BCUT2D eigenvalue weighted by Crippen LogP contribution is 2.25. The Kier molecular flexibility index (Phi) is 3.38. The molecular weight excluding hydrogens is 164 g/mol. The minimum atomic E-state index is 0.514. The van der Waals surface area contributed by atoms with Gasteiger partial charge in [0.05, 0.1) is 7.11 Å². The maximum absolute atomic E-state index is 5.44. The van der Waals surface area contributed by atoms with Crippen LogP contribution in [0.3, 0.4) is 0 Å². The lowest BCUT2D eigenvalue weighted by atomic mass is 10.3. The van der Waals surface area contributed by atoms with Gasteiger partial charge in [-0.3, -0.25) is 0 Å². The first-order valence-corrected chi connectivity index (χ1v) is 4.05. The van der Waals surface area contributed by atoms with Crippen molar-refractivity contribution in [1.82, 2.24) is 0 Å². The molecule has 13 heavy (non-hydrogen) atoms. The molecule has 0 aromatic heterocycles. The Labute approximate surface area is 78.8 Å². The zero-order valence-electron chi connectivity index (χ0n) is 7.96. The minimum absolute atomic E-state index is 0.514. The molecule has 69 valence electrons. The van der Waals surface area contributed by atoms with Crippen LogP contribution in [0.4, 0.5) is 0 Å². The first-order chi connectivity index (χ1) is 6.24. The molecule has 2 nitrogen and oxygen atoms in total. The van der Waals surface area contributed by atoms with Gasteiger partial charge in [0.2, 0.25) is 0 Å². The van der Waals surface area contributed by atoms with E-state index in [1.54, 1.807) is 19.2 Å². The van der Waals surface area contributed by atoms with Gasteiger partial charge in [-0.15, -0.1) is 0 Å². The Morgan fingerprint density at radius 3 is 2.92 bits per heavy atom. The van der Waals surface area contributed by atoms with Gasteiger partial charge in [0.25, 0.3) is 0 Å². The third-order valence-electron chi connectivity index (χ3n) is 1.48. The number of benzene rings is 1. The molecule has 0 aliphatic heterocycles. The molecule has 0 amide bonds. The molecule has 0 aliphatic carbocycles. The molecule has 0 heterocycles. The van der Waals surface area contributed by atoms with Gasteiger partial charge in [-0.2, -0.15) is 0 Å². The molecule has 0 N–H and O–H groups in total.